The Bertz CT molecular complexity index is 838. The van der Waals surface area contributed by atoms with E-state index in [0.29, 0.717) is 6.54 Å². The van der Waals surface area contributed by atoms with Crippen LogP contribution in [0.2, 0.25) is 5.02 Å². The van der Waals surface area contributed by atoms with Crippen molar-refractivity contribution in [1.82, 2.24) is 5.32 Å². The van der Waals surface area contributed by atoms with Crippen molar-refractivity contribution in [3.8, 4) is 11.5 Å². The lowest BCUT2D eigenvalue weighted by atomic mass is 10.1. The highest BCUT2D eigenvalue weighted by Crippen LogP contribution is 2.29. The summed E-state index contributed by atoms with van der Waals surface area (Å²) in [7, 11) is 3.25. The van der Waals surface area contributed by atoms with Gasteiger partial charge in [-0.25, -0.2) is 0 Å². The Morgan fingerprint density at radius 2 is 1.90 bits per heavy atom. The number of nitrogens with zero attached hydrogens (tertiary/aromatic N) is 1. The molecular formula is C22H29ClN3O3+. The van der Waals surface area contributed by atoms with Crippen molar-refractivity contribution in [3.05, 3.63) is 53.1 Å². The second kappa shape index (κ2) is 9.85. The number of ether oxygens (including phenoxy) is 2. The Balaban J connectivity index is 1.53. The smallest absolute Gasteiger partial charge is 0.275 e. The summed E-state index contributed by atoms with van der Waals surface area (Å²) in [6.45, 7) is 5.97. The molecule has 0 spiro atoms. The van der Waals surface area contributed by atoms with Crippen LogP contribution in [-0.2, 0) is 4.79 Å². The van der Waals surface area contributed by atoms with Crippen LogP contribution in [-0.4, -0.2) is 52.9 Å². The van der Waals surface area contributed by atoms with Crippen LogP contribution in [0.5, 0.6) is 11.5 Å². The molecule has 1 saturated heterocycles. The molecule has 0 aliphatic carbocycles. The third-order valence-electron chi connectivity index (χ3n) is 5.36. The summed E-state index contributed by atoms with van der Waals surface area (Å²) in [6, 6.07) is 13.3. The summed E-state index contributed by atoms with van der Waals surface area (Å²) in [4.78, 5) is 16.2. The predicted molar refractivity (Wildman–Crippen MR) is 115 cm³/mol. The van der Waals surface area contributed by atoms with Crippen molar-refractivity contribution in [3.63, 3.8) is 0 Å². The number of methoxy groups -OCH3 is 2. The highest BCUT2D eigenvalue weighted by Gasteiger charge is 2.24. The predicted octanol–water partition coefficient (Wildman–Crippen LogP) is 1.94. The fourth-order valence-electron chi connectivity index (χ4n) is 3.72. The van der Waals surface area contributed by atoms with Crippen LogP contribution in [0.1, 0.15) is 18.5 Å². The molecule has 1 amide bonds. The molecule has 1 atom stereocenters. The van der Waals surface area contributed by atoms with E-state index < -0.39 is 0 Å². The molecule has 2 aromatic rings. The van der Waals surface area contributed by atoms with Gasteiger partial charge in [0.05, 0.1) is 57.2 Å². The molecule has 29 heavy (non-hydrogen) atoms. The van der Waals surface area contributed by atoms with Crippen molar-refractivity contribution in [2.45, 2.75) is 13.0 Å². The Kier molecular flexibility index (Phi) is 7.23. The minimum atomic E-state index is -0.170. The SMILES string of the molecule is COc1ccc(OC)c([C@@H](C)NC(=O)C[NH+]2CCN(c3ccccc3Cl)CC2)c1. The van der Waals surface area contributed by atoms with Gasteiger partial charge < -0.3 is 24.6 Å². The maximum atomic E-state index is 12.6. The van der Waals surface area contributed by atoms with Gasteiger partial charge in [0.25, 0.3) is 5.91 Å². The summed E-state index contributed by atoms with van der Waals surface area (Å²) in [5, 5.41) is 3.86. The molecule has 1 aliphatic rings. The number of benzene rings is 2. The number of hydrogen-bond donors (Lipinski definition) is 2. The normalized spacial score (nSPS) is 15.7. The van der Waals surface area contributed by atoms with Crippen LogP contribution >= 0.6 is 11.6 Å². The standard InChI is InChI=1S/C22H28ClN3O3/c1-16(18-14-17(28-2)8-9-21(18)29-3)24-22(27)15-25-10-12-26(13-11-25)20-7-5-4-6-19(20)23/h4-9,14,16H,10-13,15H2,1-3H3,(H,24,27)/p+1/t16-/m1/s1. The first-order valence-electron chi connectivity index (χ1n) is 9.86. The largest absolute Gasteiger partial charge is 0.497 e. The zero-order valence-electron chi connectivity index (χ0n) is 17.2. The summed E-state index contributed by atoms with van der Waals surface area (Å²) >= 11 is 6.31. The summed E-state index contributed by atoms with van der Waals surface area (Å²) < 4.78 is 10.7. The van der Waals surface area contributed by atoms with Crippen LogP contribution < -0.4 is 24.6 Å². The van der Waals surface area contributed by atoms with E-state index in [4.69, 9.17) is 21.1 Å². The molecule has 156 valence electrons. The van der Waals surface area contributed by atoms with Gasteiger partial charge in [-0.3, -0.25) is 4.79 Å². The van der Waals surface area contributed by atoms with E-state index >= 15 is 0 Å². The van der Waals surface area contributed by atoms with Crippen molar-refractivity contribution in [1.29, 1.82) is 0 Å². The Morgan fingerprint density at radius 1 is 1.17 bits per heavy atom. The van der Waals surface area contributed by atoms with E-state index in [-0.39, 0.29) is 11.9 Å². The van der Waals surface area contributed by atoms with Crippen molar-refractivity contribution in [2.75, 3.05) is 51.8 Å². The minimum Gasteiger partial charge on any atom is -0.497 e. The Labute approximate surface area is 177 Å². The summed E-state index contributed by atoms with van der Waals surface area (Å²) in [5.74, 6) is 1.51. The van der Waals surface area contributed by atoms with E-state index in [1.165, 1.54) is 4.90 Å². The Morgan fingerprint density at radius 3 is 2.55 bits per heavy atom. The maximum Gasteiger partial charge on any atom is 0.275 e. The number of quaternary nitrogens is 1. The molecule has 2 N–H and O–H groups in total. The zero-order chi connectivity index (χ0) is 20.8. The number of hydrogen-bond acceptors (Lipinski definition) is 4. The van der Waals surface area contributed by atoms with Crippen molar-refractivity contribution < 1.29 is 19.2 Å². The number of anilines is 1. The Hall–Kier alpha value is -2.44. The average Bonchev–Trinajstić information content (AvgIpc) is 2.74. The average molecular weight is 419 g/mol. The molecule has 7 heteroatoms. The minimum absolute atomic E-state index is 0.0311. The fraction of sp³-hybridized carbons (Fsp3) is 0.409. The first kappa shape index (κ1) is 21.3. The van der Waals surface area contributed by atoms with E-state index in [0.717, 1.165) is 54.0 Å². The number of piperazine rings is 1. The summed E-state index contributed by atoms with van der Waals surface area (Å²) in [6.07, 6.45) is 0. The molecule has 1 aliphatic heterocycles. The number of carbonyl (C=O) groups excluding carboxylic acids is 1. The van der Waals surface area contributed by atoms with Gasteiger partial charge in [-0.1, -0.05) is 23.7 Å². The van der Waals surface area contributed by atoms with Crippen LogP contribution in [0.25, 0.3) is 0 Å². The van der Waals surface area contributed by atoms with E-state index in [1.807, 2.05) is 49.4 Å². The molecule has 0 bridgehead atoms. The van der Waals surface area contributed by atoms with Crippen molar-refractivity contribution >= 4 is 23.2 Å². The highest BCUT2D eigenvalue weighted by molar-refractivity contribution is 6.33. The van der Waals surface area contributed by atoms with Crippen LogP contribution in [0.15, 0.2) is 42.5 Å². The van der Waals surface area contributed by atoms with Gasteiger partial charge in [0, 0.05) is 5.56 Å². The molecular weight excluding hydrogens is 390 g/mol. The van der Waals surface area contributed by atoms with E-state index in [1.54, 1.807) is 14.2 Å². The molecule has 0 aromatic heterocycles. The number of nitrogens with one attached hydrogen (secondary N) is 2. The third kappa shape index (κ3) is 5.34. The van der Waals surface area contributed by atoms with Crippen LogP contribution in [0, 0.1) is 0 Å². The van der Waals surface area contributed by atoms with E-state index in [9.17, 15) is 4.79 Å². The molecule has 1 fully saturated rings. The number of amides is 1. The van der Waals surface area contributed by atoms with Gasteiger partial charge in [0.2, 0.25) is 0 Å². The second-order valence-corrected chi connectivity index (χ2v) is 7.67. The van der Waals surface area contributed by atoms with Gasteiger partial charge in [0.15, 0.2) is 6.54 Å². The lowest BCUT2D eigenvalue weighted by Crippen LogP contribution is -3.16. The number of carbonyl (C=O) groups is 1. The van der Waals surface area contributed by atoms with Gasteiger partial charge >= 0.3 is 0 Å². The topological polar surface area (TPSA) is 55.2 Å². The highest BCUT2D eigenvalue weighted by atomic mass is 35.5. The molecule has 0 unspecified atom stereocenters. The third-order valence-corrected chi connectivity index (χ3v) is 5.67. The monoisotopic (exact) mass is 418 g/mol. The number of para-hydroxylation sites is 1. The molecule has 1 heterocycles. The summed E-state index contributed by atoms with van der Waals surface area (Å²) in [5.41, 5.74) is 1.97. The number of halogens is 1. The van der Waals surface area contributed by atoms with Gasteiger partial charge in [-0.2, -0.15) is 0 Å². The fourth-order valence-corrected chi connectivity index (χ4v) is 3.98. The molecule has 3 rings (SSSR count). The lowest BCUT2D eigenvalue weighted by molar-refractivity contribution is -0.892. The first-order valence-corrected chi connectivity index (χ1v) is 10.2. The van der Waals surface area contributed by atoms with Crippen LogP contribution in [0.4, 0.5) is 5.69 Å². The maximum absolute atomic E-state index is 12.6. The number of rotatable bonds is 7. The van der Waals surface area contributed by atoms with Gasteiger partial charge in [-0.05, 0) is 37.3 Å². The molecule has 2 aromatic carbocycles. The van der Waals surface area contributed by atoms with Gasteiger partial charge in [0.1, 0.15) is 11.5 Å². The van der Waals surface area contributed by atoms with Crippen LogP contribution in [0.3, 0.4) is 0 Å². The lowest BCUT2D eigenvalue weighted by Gasteiger charge is -2.34. The molecule has 0 saturated carbocycles. The second-order valence-electron chi connectivity index (χ2n) is 7.26. The molecule has 6 nitrogen and oxygen atoms in total. The van der Waals surface area contributed by atoms with Crippen molar-refractivity contribution in [2.24, 2.45) is 0 Å². The van der Waals surface area contributed by atoms with E-state index in [2.05, 4.69) is 10.2 Å². The zero-order valence-corrected chi connectivity index (χ0v) is 18.0. The quantitative estimate of drug-likeness (QED) is 0.721. The first-order chi connectivity index (χ1) is 14.0. The van der Waals surface area contributed by atoms with Gasteiger partial charge in [-0.15, -0.1) is 0 Å². The molecule has 0 radical (unpaired) electrons.